The molecule has 1 atom stereocenters. The van der Waals surface area contributed by atoms with E-state index in [9.17, 15) is 9.59 Å². The number of para-hydroxylation sites is 2. The Morgan fingerprint density at radius 3 is 2.40 bits per heavy atom. The Labute approximate surface area is 181 Å². The van der Waals surface area contributed by atoms with Crippen LogP contribution in [0.1, 0.15) is 35.7 Å². The third-order valence-electron chi connectivity index (χ3n) is 4.61. The van der Waals surface area contributed by atoms with E-state index in [1.807, 2.05) is 50.2 Å². The third-order valence-corrected chi connectivity index (χ3v) is 4.94. The average Bonchev–Trinajstić information content (AvgIpc) is 2.76. The molecule has 0 saturated carbocycles. The molecule has 0 aliphatic rings. The molecular formula is C24H23ClN2O3. The molecule has 2 N–H and O–H groups in total. The third kappa shape index (κ3) is 5.19. The summed E-state index contributed by atoms with van der Waals surface area (Å²) in [5.74, 6) is -0.321. The van der Waals surface area contributed by atoms with Gasteiger partial charge in [-0.3, -0.25) is 9.59 Å². The van der Waals surface area contributed by atoms with E-state index >= 15 is 0 Å². The van der Waals surface area contributed by atoms with Gasteiger partial charge in [0.2, 0.25) is 5.91 Å². The van der Waals surface area contributed by atoms with Crippen LogP contribution in [-0.2, 0) is 4.79 Å². The van der Waals surface area contributed by atoms with Gasteiger partial charge in [-0.05, 0) is 49.7 Å². The summed E-state index contributed by atoms with van der Waals surface area (Å²) in [4.78, 5) is 25.4. The standard InChI is InChI=1S/C24H23ClN2O3/c1-3-30-22-12-8-7-11-21(22)27-24(29)19-15-18(13-14-20(19)25)26-23(28)16(2)17-9-5-4-6-10-17/h4-16H,3H2,1-2H3,(H,26,28)(H,27,29). The highest BCUT2D eigenvalue weighted by molar-refractivity contribution is 6.34. The Morgan fingerprint density at radius 2 is 1.67 bits per heavy atom. The largest absolute Gasteiger partial charge is 0.492 e. The summed E-state index contributed by atoms with van der Waals surface area (Å²) >= 11 is 6.25. The molecule has 30 heavy (non-hydrogen) atoms. The number of benzene rings is 3. The van der Waals surface area contributed by atoms with Crippen LogP contribution in [0.25, 0.3) is 0 Å². The summed E-state index contributed by atoms with van der Waals surface area (Å²) in [7, 11) is 0. The van der Waals surface area contributed by atoms with Gasteiger partial charge in [0, 0.05) is 5.69 Å². The first-order chi connectivity index (χ1) is 14.5. The molecular weight excluding hydrogens is 400 g/mol. The summed E-state index contributed by atoms with van der Waals surface area (Å²) in [5.41, 5.74) is 2.21. The Hall–Kier alpha value is -3.31. The van der Waals surface area contributed by atoms with Gasteiger partial charge in [-0.15, -0.1) is 0 Å². The van der Waals surface area contributed by atoms with Crippen LogP contribution in [0, 0.1) is 0 Å². The Morgan fingerprint density at radius 1 is 0.967 bits per heavy atom. The number of carbonyl (C=O) groups excluding carboxylic acids is 2. The average molecular weight is 423 g/mol. The van der Waals surface area contributed by atoms with Crippen LogP contribution in [0.5, 0.6) is 5.75 Å². The highest BCUT2D eigenvalue weighted by Gasteiger charge is 2.18. The van der Waals surface area contributed by atoms with Gasteiger partial charge in [0.05, 0.1) is 28.8 Å². The predicted molar refractivity (Wildman–Crippen MR) is 121 cm³/mol. The molecule has 0 saturated heterocycles. The van der Waals surface area contributed by atoms with E-state index in [0.717, 1.165) is 5.56 Å². The van der Waals surface area contributed by atoms with Crippen LogP contribution in [0.2, 0.25) is 5.02 Å². The number of amides is 2. The number of halogens is 1. The predicted octanol–water partition coefficient (Wildman–Crippen LogP) is 5.73. The number of carbonyl (C=O) groups is 2. The van der Waals surface area contributed by atoms with Crippen molar-refractivity contribution in [3.63, 3.8) is 0 Å². The van der Waals surface area contributed by atoms with Crippen LogP contribution in [-0.4, -0.2) is 18.4 Å². The molecule has 0 spiro atoms. The minimum Gasteiger partial charge on any atom is -0.492 e. The first-order valence-corrected chi connectivity index (χ1v) is 10.1. The van der Waals surface area contributed by atoms with E-state index in [-0.39, 0.29) is 28.3 Å². The first kappa shape index (κ1) is 21.4. The Kier molecular flexibility index (Phi) is 7.09. The SMILES string of the molecule is CCOc1ccccc1NC(=O)c1cc(NC(=O)C(C)c2ccccc2)ccc1Cl. The van der Waals surface area contributed by atoms with Crippen LogP contribution in [0.15, 0.2) is 72.8 Å². The van der Waals surface area contributed by atoms with Gasteiger partial charge in [-0.2, -0.15) is 0 Å². The molecule has 0 aliphatic heterocycles. The number of ether oxygens (including phenoxy) is 1. The number of nitrogens with one attached hydrogen (secondary N) is 2. The van der Waals surface area contributed by atoms with E-state index in [1.54, 1.807) is 36.4 Å². The van der Waals surface area contributed by atoms with Crippen LogP contribution in [0.3, 0.4) is 0 Å². The normalized spacial score (nSPS) is 11.4. The topological polar surface area (TPSA) is 67.4 Å². The molecule has 0 radical (unpaired) electrons. The minimum atomic E-state index is -0.389. The van der Waals surface area contributed by atoms with Gasteiger partial charge >= 0.3 is 0 Å². The van der Waals surface area contributed by atoms with E-state index in [4.69, 9.17) is 16.3 Å². The van der Waals surface area contributed by atoms with Gasteiger partial charge in [0.15, 0.2) is 0 Å². The zero-order valence-electron chi connectivity index (χ0n) is 16.8. The summed E-state index contributed by atoms with van der Waals surface area (Å²) in [6.45, 7) is 4.19. The van der Waals surface area contributed by atoms with Gasteiger partial charge < -0.3 is 15.4 Å². The number of rotatable bonds is 7. The molecule has 0 aromatic heterocycles. The van der Waals surface area contributed by atoms with Crippen LogP contribution < -0.4 is 15.4 Å². The van der Waals surface area contributed by atoms with Gasteiger partial charge in [0.1, 0.15) is 5.75 Å². The summed E-state index contributed by atoms with van der Waals surface area (Å²) in [6.07, 6.45) is 0. The zero-order chi connectivity index (χ0) is 21.5. The minimum absolute atomic E-state index is 0.170. The smallest absolute Gasteiger partial charge is 0.257 e. The summed E-state index contributed by atoms with van der Waals surface area (Å²) < 4.78 is 5.54. The van der Waals surface area contributed by atoms with Crippen molar-refractivity contribution >= 4 is 34.8 Å². The molecule has 5 nitrogen and oxygen atoms in total. The highest BCUT2D eigenvalue weighted by Crippen LogP contribution is 2.27. The maximum atomic E-state index is 12.8. The zero-order valence-corrected chi connectivity index (χ0v) is 17.6. The summed E-state index contributed by atoms with van der Waals surface area (Å²) in [5, 5.41) is 5.96. The van der Waals surface area contributed by atoms with E-state index < -0.39 is 0 Å². The van der Waals surface area contributed by atoms with Crippen LogP contribution in [0.4, 0.5) is 11.4 Å². The molecule has 0 heterocycles. The second-order valence-corrected chi connectivity index (χ2v) is 7.11. The van der Waals surface area contributed by atoms with Crippen molar-refractivity contribution in [1.82, 2.24) is 0 Å². The lowest BCUT2D eigenvalue weighted by Crippen LogP contribution is -2.19. The number of hydrogen-bond donors (Lipinski definition) is 2. The van der Waals surface area contributed by atoms with Gasteiger partial charge in [-0.25, -0.2) is 0 Å². The summed E-state index contributed by atoms with van der Waals surface area (Å²) in [6, 6.07) is 21.5. The van der Waals surface area contributed by atoms with Crippen molar-refractivity contribution in [3.8, 4) is 5.75 Å². The molecule has 2 amide bonds. The highest BCUT2D eigenvalue weighted by atomic mass is 35.5. The van der Waals surface area contributed by atoms with Crippen molar-refractivity contribution in [1.29, 1.82) is 0 Å². The second kappa shape index (κ2) is 9.94. The number of anilines is 2. The fourth-order valence-corrected chi connectivity index (χ4v) is 3.16. The number of hydrogen-bond acceptors (Lipinski definition) is 3. The molecule has 0 aliphatic carbocycles. The van der Waals surface area contributed by atoms with E-state index in [1.165, 1.54) is 0 Å². The van der Waals surface area contributed by atoms with Crippen molar-refractivity contribution in [2.75, 3.05) is 17.2 Å². The van der Waals surface area contributed by atoms with Gasteiger partial charge in [-0.1, -0.05) is 54.1 Å². The molecule has 3 aromatic rings. The van der Waals surface area contributed by atoms with Crippen LogP contribution >= 0.6 is 11.6 Å². The Balaban J connectivity index is 1.76. The molecule has 3 aromatic carbocycles. The monoisotopic (exact) mass is 422 g/mol. The van der Waals surface area contributed by atoms with Crippen molar-refractivity contribution < 1.29 is 14.3 Å². The second-order valence-electron chi connectivity index (χ2n) is 6.70. The molecule has 6 heteroatoms. The maximum absolute atomic E-state index is 12.8. The molecule has 154 valence electrons. The lowest BCUT2D eigenvalue weighted by atomic mass is 10.0. The molecule has 1 unspecified atom stereocenters. The fraction of sp³-hybridized carbons (Fsp3) is 0.167. The molecule has 3 rings (SSSR count). The Bertz CT molecular complexity index is 1040. The van der Waals surface area contributed by atoms with Crippen molar-refractivity contribution in [3.05, 3.63) is 88.9 Å². The fourth-order valence-electron chi connectivity index (χ4n) is 2.96. The molecule has 0 bridgehead atoms. The first-order valence-electron chi connectivity index (χ1n) is 9.68. The lowest BCUT2D eigenvalue weighted by molar-refractivity contribution is -0.117. The van der Waals surface area contributed by atoms with Crippen molar-refractivity contribution in [2.24, 2.45) is 0 Å². The maximum Gasteiger partial charge on any atom is 0.257 e. The van der Waals surface area contributed by atoms with E-state index in [2.05, 4.69) is 10.6 Å². The van der Waals surface area contributed by atoms with Crippen molar-refractivity contribution in [2.45, 2.75) is 19.8 Å². The van der Waals surface area contributed by atoms with Gasteiger partial charge in [0.25, 0.3) is 5.91 Å². The molecule has 0 fully saturated rings. The lowest BCUT2D eigenvalue weighted by Gasteiger charge is -2.15. The van der Waals surface area contributed by atoms with E-state index in [0.29, 0.717) is 23.7 Å². The quantitative estimate of drug-likeness (QED) is 0.510.